The fourth-order valence-electron chi connectivity index (χ4n) is 3.69. The lowest BCUT2D eigenvalue weighted by Crippen LogP contribution is -2.42. The molecule has 1 aromatic carbocycles. The maximum atomic E-state index is 6.02. The Balaban J connectivity index is 1.73. The lowest BCUT2D eigenvalue weighted by molar-refractivity contribution is -0.0137. The highest BCUT2D eigenvalue weighted by Crippen LogP contribution is 2.31. The number of likely N-dealkylation sites (tertiary alicyclic amines) is 1. The number of fused-ring (bicyclic) bond motifs is 1. The molecule has 2 unspecified atom stereocenters. The van der Waals surface area contributed by atoms with Gasteiger partial charge in [0.05, 0.1) is 6.10 Å². The normalized spacial score (nSPS) is 27.1. The van der Waals surface area contributed by atoms with E-state index in [1.165, 1.54) is 36.9 Å². The second-order valence-electron chi connectivity index (χ2n) is 6.31. The van der Waals surface area contributed by atoms with Crippen LogP contribution in [-0.2, 0) is 11.3 Å². The highest BCUT2D eigenvalue weighted by atomic mass is 16.5. The zero-order valence-corrected chi connectivity index (χ0v) is 13.2. The van der Waals surface area contributed by atoms with Gasteiger partial charge in [-0.05, 0) is 49.9 Å². The van der Waals surface area contributed by atoms with E-state index >= 15 is 0 Å². The van der Waals surface area contributed by atoms with Crippen molar-refractivity contribution < 1.29 is 4.74 Å². The summed E-state index contributed by atoms with van der Waals surface area (Å²) in [6.07, 6.45) is 5.25. The Labute approximate surface area is 128 Å². The first kappa shape index (κ1) is 15.0. The van der Waals surface area contributed by atoms with Crippen LogP contribution in [0.2, 0.25) is 0 Å². The van der Waals surface area contributed by atoms with E-state index < -0.39 is 0 Å². The van der Waals surface area contributed by atoms with Gasteiger partial charge in [0.15, 0.2) is 0 Å². The second kappa shape index (κ2) is 7.39. The van der Waals surface area contributed by atoms with E-state index in [1.807, 2.05) is 0 Å². The molecular formula is C18H28N2O. The van der Waals surface area contributed by atoms with Crippen molar-refractivity contribution >= 4 is 0 Å². The van der Waals surface area contributed by atoms with Crippen LogP contribution in [0.5, 0.6) is 0 Å². The largest absolute Gasteiger partial charge is 0.377 e. The maximum Gasteiger partial charge on any atom is 0.0702 e. The summed E-state index contributed by atoms with van der Waals surface area (Å²) in [6.45, 7) is 7.52. The summed E-state index contributed by atoms with van der Waals surface area (Å²) in [5.41, 5.74) is 3.00. The molecule has 1 N–H and O–H groups in total. The van der Waals surface area contributed by atoms with Gasteiger partial charge in [-0.3, -0.25) is 4.90 Å². The average Bonchev–Trinajstić information content (AvgIpc) is 2.75. The summed E-state index contributed by atoms with van der Waals surface area (Å²) in [7, 11) is 0. The summed E-state index contributed by atoms with van der Waals surface area (Å²) < 4.78 is 6.02. The van der Waals surface area contributed by atoms with Gasteiger partial charge in [-0.1, -0.05) is 31.2 Å². The molecule has 0 radical (unpaired) electrons. The molecule has 0 aromatic heterocycles. The van der Waals surface area contributed by atoms with Crippen molar-refractivity contribution in [3.63, 3.8) is 0 Å². The molecule has 2 atom stereocenters. The van der Waals surface area contributed by atoms with E-state index in [4.69, 9.17) is 4.74 Å². The van der Waals surface area contributed by atoms with Gasteiger partial charge in [0.2, 0.25) is 0 Å². The Morgan fingerprint density at radius 1 is 1.29 bits per heavy atom. The van der Waals surface area contributed by atoms with Gasteiger partial charge >= 0.3 is 0 Å². The van der Waals surface area contributed by atoms with Crippen LogP contribution >= 0.6 is 0 Å². The number of benzene rings is 1. The molecule has 21 heavy (non-hydrogen) atoms. The molecule has 2 aliphatic heterocycles. The van der Waals surface area contributed by atoms with Crippen LogP contribution < -0.4 is 5.32 Å². The highest BCUT2D eigenvalue weighted by Gasteiger charge is 2.29. The molecule has 0 aliphatic carbocycles. The minimum atomic E-state index is 0.432. The molecule has 1 aromatic rings. The molecule has 3 heteroatoms. The van der Waals surface area contributed by atoms with E-state index in [-0.39, 0.29) is 0 Å². The predicted molar refractivity (Wildman–Crippen MR) is 86.3 cm³/mol. The number of rotatable bonds is 4. The molecule has 0 bridgehead atoms. The fraction of sp³-hybridized carbons (Fsp3) is 0.667. The van der Waals surface area contributed by atoms with Gasteiger partial charge in [0.25, 0.3) is 0 Å². The number of hydrogen-bond acceptors (Lipinski definition) is 3. The van der Waals surface area contributed by atoms with Gasteiger partial charge in [0, 0.05) is 25.7 Å². The topological polar surface area (TPSA) is 24.5 Å². The first-order valence-corrected chi connectivity index (χ1v) is 8.52. The van der Waals surface area contributed by atoms with Crippen molar-refractivity contribution in [2.75, 3.05) is 26.2 Å². The van der Waals surface area contributed by atoms with Gasteiger partial charge in [-0.25, -0.2) is 0 Å². The average molecular weight is 288 g/mol. The molecule has 116 valence electrons. The number of hydrogen-bond donors (Lipinski definition) is 1. The first-order valence-electron chi connectivity index (χ1n) is 8.52. The van der Waals surface area contributed by atoms with Crippen LogP contribution in [0, 0.1) is 0 Å². The van der Waals surface area contributed by atoms with Crippen LogP contribution in [0.3, 0.4) is 0 Å². The third-order valence-electron chi connectivity index (χ3n) is 4.73. The molecule has 0 saturated carbocycles. The second-order valence-corrected chi connectivity index (χ2v) is 6.31. The van der Waals surface area contributed by atoms with Gasteiger partial charge in [-0.2, -0.15) is 0 Å². The molecule has 2 heterocycles. The van der Waals surface area contributed by atoms with Gasteiger partial charge in [-0.15, -0.1) is 0 Å². The van der Waals surface area contributed by atoms with Crippen LogP contribution in [0.1, 0.15) is 49.8 Å². The zero-order valence-electron chi connectivity index (χ0n) is 13.2. The standard InChI is InChI=1S/C18H28N2O/c1-2-12-21-16-7-5-11-20(14-16)18-9-10-19-13-15-6-3-4-8-17(15)18/h3-4,6,8,16,18-19H,2,5,7,9-14H2,1H3. The summed E-state index contributed by atoms with van der Waals surface area (Å²) in [4.78, 5) is 2.66. The van der Waals surface area contributed by atoms with E-state index in [9.17, 15) is 0 Å². The monoisotopic (exact) mass is 288 g/mol. The minimum Gasteiger partial charge on any atom is -0.377 e. The Kier molecular flexibility index (Phi) is 5.28. The van der Waals surface area contributed by atoms with Crippen molar-refractivity contribution in [2.24, 2.45) is 0 Å². The van der Waals surface area contributed by atoms with Crippen molar-refractivity contribution in [1.82, 2.24) is 10.2 Å². The molecule has 3 rings (SSSR count). The number of ether oxygens (including phenoxy) is 1. The number of nitrogens with zero attached hydrogens (tertiary/aromatic N) is 1. The van der Waals surface area contributed by atoms with Crippen molar-refractivity contribution in [1.29, 1.82) is 0 Å². The van der Waals surface area contributed by atoms with E-state index in [0.717, 1.165) is 32.7 Å². The van der Waals surface area contributed by atoms with Crippen LogP contribution in [0.25, 0.3) is 0 Å². The van der Waals surface area contributed by atoms with E-state index in [0.29, 0.717) is 12.1 Å². The third kappa shape index (κ3) is 3.65. The van der Waals surface area contributed by atoms with Crippen molar-refractivity contribution in [2.45, 2.75) is 51.3 Å². The zero-order chi connectivity index (χ0) is 14.5. The molecule has 0 amide bonds. The van der Waals surface area contributed by atoms with Crippen molar-refractivity contribution in [3.05, 3.63) is 35.4 Å². The first-order chi connectivity index (χ1) is 10.4. The Hall–Kier alpha value is -0.900. The molecule has 3 nitrogen and oxygen atoms in total. The quantitative estimate of drug-likeness (QED) is 0.921. The molecule has 1 fully saturated rings. The minimum absolute atomic E-state index is 0.432. The number of piperidine rings is 1. The Morgan fingerprint density at radius 3 is 3.10 bits per heavy atom. The van der Waals surface area contributed by atoms with E-state index in [2.05, 4.69) is 41.4 Å². The lowest BCUT2D eigenvalue weighted by atomic mass is 9.95. The lowest BCUT2D eigenvalue weighted by Gasteiger charge is -2.38. The third-order valence-corrected chi connectivity index (χ3v) is 4.73. The summed E-state index contributed by atoms with van der Waals surface area (Å²) in [5, 5.41) is 3.56. The Bertz CT molecular complexity index is 449. The van der Waals surface area contributed by atoms with E-state index in [1.54, 1.807) is 0 Å². The smallest absolute Gasteiger partial charge is 0.0702 e. The summed E-state index contributed by atoms with van der Waals surface area (Å²) >= 11 is 0. The summed E-state index contributed by atoms with van der Waals surface area (Å²) in [6, 6.07) is 9.50. The SMILES string of the molecule is CCCOC1CCCN(C2CCNCc3ccccc32)C1. The molecule has 1 saturated heterocycles. The van der Waals surface area contributed by atoms with Gasteiger partial charge in [0.1, 0.15) is 0 Å². The summed E-state index contributed by atoms with van der Waals surface area (Å²) in [5.74, 6) is 0. The number of nitrogens with one attached hydrogen (secondary N) is 1. The molecule has 2 aliphatic rings. The molecular weight excluding hydrogens is 260 g/mol. The van der Waals surface area contributed by atoms with Crippen LogP contribution in [0.15, 0.2) is 24.3 Å². The predicted octanol–water partition coefficient (Wildman–Crippen LogP) is 3.11. The van der Waals surface area contributed by atoms with Crippen molar-refractivity contribution in [3.8, 4) is 0 Å². The fourth-order valence-corrected chi connectivity index (χ4v) is 3.69. The highest BCUT2D eigenvalue weighted by molar-refractivity contribution is 5.31. The van der Waals surface area contributed by atoms with Gasteiger partial charge < -0.3 is 10.1 Å². The van der Waals surface area contributed by atoms with Crippen LogP contribution in [-0.4, -0.2) is 37.2 Å². The maximum absolute atomic E-state index is 6.02. The Morgan fingerprint density at radius 2 is 2.19 bits per heavy atom. The molecule has 0 spiro atoms. The van der Waals surface area contributed by atoms with Crippen LogP contribution in [0.4, 0.5) is 0 Å².